The molecule has 3 unspecified atom stereocenters. The van der Waals surface area contributed by atoms with Crippen LogP contribution in [0.2, 0.25) is 0 Å². The Labute approximate surface area is 185 Å². The van der Waals surface area contributed by atoms with Crippen LogP contribution in [-0.4, -0.2) is 46.5 Å². The van der Waals surface area contributed by atoms with Crippen molar-refractivity contribution >= 4 is 29.9 Å². The lowest BCUT2D eigenvalue weighted by Crippen LogP contribution is -2.66. The first-order valence-electron chi connectivity index (χ1n) is 10.7. The normalized spacial score (nSPS) is 28.8. The Morgan fingerprint density at radius 3 is 2.75 bits per heavy atom. The van der Waals surface area contributed by atoms with Gasteiger partial charge >= 0.3 is 0 Å². The Bertz CT molecular complexity index is 684. The number of nitrogens with zero attached hydrogens (tertiary/aromatic N) is 4. The third kappa shape index (κ3) is 4.04. The molecule has 0 saturated heterocycles. The number of nitrogens with one attached hydrogen (secondary N) is 2. The Hall–Kier alpha value is -0.900. The molecule has 3 atom stereocenters. The molecular weight excluding hydrogens is 467 g/mol. The fraction of sp³-hybridized carbons (Fsp3) is 0.850. The smallest absolute Gasteiger partial charge is 0.191 e. The molecule has 7 nitrogen and oxygen atoms in total. The molecule has 1 spiro atoms. The average molecular weight is 502 g/mol. The van der Waals surface area contributed by atoms with E-state index in [2.05, 4.69) is 32.6 Å². The van der Waals surface area contributed by atoms with Crippen LogP contribution in [0, 0.1) is 12.3 Å². The minimum absolute atomic E-state index is 0. The molecule has 2 saturated carbocycles. The maximum Gasteiger partial charge on any atom is 0.191 e. The molecule has 28 heavy (non-hydrogen) atoms. The number of rotatable bonds is 4. The van der Waals surface area contributed by atoms with Gasteiger partial charge in [-0.15, -0.1) is 24.0 Å². The summed E-state index contributed by atoms with van der Waals surface area (Å²) in [5.41, 5.74) is 0.287. The molecule has 0 radical (unpaired) electrons. The van der Waals surface area contributed by atoms with Crippen molar-refractivity contribution in [2.45, 2.75) is 89.9 Å². The SMILES string of the molecule is CCOC1CC(NC(=NC)NC2CCCn3nc(C)nc32)C12CCCCC2.I. The van der Waals surface area contributed by atoms with Crippen LogP contribution >= 0.6 is 24.0 Å². The molecule has 8 heteroatoms. The maximum atomic E-state index is 6.09. The predicted octanol–water partition coefficient (Wildman–Crippen LogP) is 3.33. The molecule has 2 N–H and O–H groups in total. The van der Waals surface area contributed by atoms with Crippen molar-refractivity contribution < 1.29 is 4.74 Å². The number of aromatic nitrogens is 3. The van der Waals surface area contributed by atoms with Crippen LogP contribution in [0.4, 0.5) is 0 Å². The first kappa shape index (κ1) is 21.8. The summed E-state index contributed by atoms with van der Waals surface area (Å²) in [6.07, 6.45) is 10.2. The zero-order chi connectivity index (χ0) is 18.9. The van der Waals surface area contributed by atoms with Crippen molar-refractivity contribution in [1.29, 1.82) is 0 Å². The Balaban J connectivity index is 0.00000225. The lowest BCUT2D eigenvalue weighted by atomic mass is 9.55. The van der Waals surface area contributed by atoms with Crippen molar-refractivity contribution in [1.82, 2.24) is 25.4 Å². The lowest BCUT2D eigenvalue weighted by Gasteiger charge is -2.58. The van der Waals surface area contributed by atoms with Gasteiger partial charge in [-0.3, -0.25) is 4.99 Å². The van der Waals surface area contributed by atoms with E-state index in [0.29, 0.717) is 12.1 Å². The van der Waals surface area contributed by atoms with Gasteiger partial charge in [0.15, 0.2) is 5.96 Å². The van der Waals surface area contributed by atoms with Gasteiger partial charge in [0.05, 0.1) is 12.1 Å². The largest absolute Gasteiger partial charge is 0.378 e. The van der Waals surface area contributed by atoms with Gasteiger partial charge in [-0.2, -0.15) is 5.10 Å². The summed E-state index contributed by atoms with van der Waals surface area (Å²) in [5.74, 6) is 2.77. The summed E-state index contributed by atoms with van der Waals surface area (Å²) in [6.45, 7) is 5.84. The Morgan fingerprint density at radius 1 is 1.25 bits per heavy atom. The number of hydrogen-bond donors (Lipinski definition) is 2. The number of hydrogen-bond acceptors (Lipinski definition) is 4. The minimum Gasteiger partial charge on any atom is -0.378 e. The van der Waals surface area contributed by atoms with Gasteiger partial charge in [0, 0.05) is 31.7 Å². The second-order valence-electron chi connectivity index (χ2n) is 8.32. The highest BCUT2D eigenvalue weighted by Gasteiger charge is 2.56. The topological polar surface area (TPSA) is 76.4 Å². The first-order valence-corrected chi connectivity index (χ1v) is 10.7. The molecule has 158 valence electrons. The molecule has 1 aromatic heterocycles. The summed E-state index contributed by atoms with van der Waals surface area (Å²) in [7, 11) is 1.86. The molecule has 2 fully saturated rings. The highest BCUT2D eigenvalue weighted by atomic mass is 127. The van der Waals surface area contributed by atoms with E-state index in [1.54, 1.807) is 0 Å². The number of ether oxygens (including phenoxy) is 1. The average Bonchev–Trinajstić information content (AvgIpc) is 3.08. The van der Waals surface area contributed by atoms with Crippen LogP contribution in [0.15, 0.2) is 4.99 Å². The van der Waals surface area contributed by atoms with E-state index in [1.807, 2.05) is 18.7 Å². The molecular formula is C20H35IN6O. The lowest BCUT2D eigenvalue weighted by molar-refractivity contribution is -0.145. The molecule has 2 heterocycles. The van der Waals surface area contributed by atoms with Crippen molar-refractivity contribution in [3.05, 3.63) is 11.6 Å². The van der Waals surface area contributed by atoms with Gasteiger partial charge in [-0.05, 0) is 46.0 Å². The Morgan fingerprint density at radius 2 is 2.04 bits per heavy atom. The van der Waals surface area contributed by atoms with E-state index in [9.17, 15) is 0 Å². The number of guanidine groups is 1. The van der Waals surface area contributed by atoms with Crippen molar-refractivity contribution in [2.75, 3.05) is 13.7 Å². The summed E-state index contributed by atoms with van der Waals surface area (Å²) >= 11 is 0. The molecule has 3 aliphatic rings. The molecule has 4 rings (SSSR count). The highest BCUT2D eigenvalue weighted by molar-refractivity contribution is 14.0. The van der Waals surface area contributed by atoms with Gasteiger partial charge in [-0.1, -0.05) is 19.3 Å². The van der Waals surface area contributed by atoms with E-state index >= 15 is 0 Å². The van der Waals surface area contributed by atoms with Gasteiger partial charge in [0.1, 0.15) is 11.6 Å². The maximum absolute atomic E-state index is 6.09. The quantitative estimate of drug-likeness (QED) is 0.376. The number of aliphatic imine (C=N–C) groups is 1. The fourth-order valence-corrected chi connectivity index (χ4v) is 5.37. The van der Waals surface area contributed by atoms with Crippen LogP contribution in [-0.2, 0) is 11.3 Å². The summed E-state index contributed by atoms with van der Waals surface area (Å²) in [6, 6.07) is 0.625. The summed E-state index contributed by atoms with van der Waals surface area (Å²) in [4.78, 5) is 9.17. The molecule has 2 aliphatic carbocycles. The van der Waals surface area contributed by atoms with Gasteiger partial charge in [0.25, 0.3) is 0 Å². The van der Waals surface area contributed by atoms with Crippen LogP contribution in [0.25, 0.3) is 0 Å². The van der Waals surface area contributed by atoms with Crippen LogP contribution < -0.4 is 10.6 Å². The standard InChI is InChI=1S/C20H34N6O.HI/c1-4-27-17-13-16(20(17)10-6-5-7-11-20)24-19(21-3)23-15-9-8-12-26-18(15)22-14(2)25-26;/h15-17H,4-13H2,1-3H3,(H2,21,23,24);1H. The van der Waals surface area contributed by atoms with E-state index < -0.39 is 0 Å². The number of halogens is 1. The second-order valence-corrected chi connectivity index (χ2v) is 8.32. The van der Waals surface area contributed by atoms with E-state index in [1.165, 1.54) is 32.1 Å². The van der Waals surface area contributed by atoms with E-state index in [-0.39, 0.29) is 35.4 Å². The summed E-state index contributed by atoms with van der Waals surface area (Å²) in [5, 5.41) is 11.9. The second kappa shape index (κ2) is 9.28. The molecule has 0 aromatic carbocycles. The first-order chi connectivity index (χ1) is 13.2. The Kier molecular flexibility index (Phi) is 7.22. The molecule has 0 bridgehead atoms. The molecule has 0 amide bonds. The molecule has 1 aromatic rings. The fourth-order valence-electron chi connectivity index (χ4n) is 5.37. The van der Waals surface area contributed by atoms with Crippen molar-refractivity contribution in [2.24, 2.45) is 10.4 Å². The van der Waals surface area contributed by atoms with Crippen molar-refractivity contribution in [3.63, 3.8) is 0 Å². The van der Waals surface area contributed by atoms with Crippen LogP contribution in [0.5, 0.6) is 0 Å². The number of aryl methyl sites for hydroxylation is 2. The van der Waals surface area contributed by atoms with Crippen molar-refractivity contribution in [3.8, 4) is 0 Å². The van der Waals surface area contributed by atoms with Crippen LogP contribution in [0.3, 0.4) is 0 Å². The predicted molar refractivity (Wildman–Crippen MR) is 121 cm³/mol. The zero-order valence-corrected chi connectivity index (χ0v) is 19.7. The van der Waals surface area contributed by atoms with E-state index in [4.69, 9.17) is 4.74 Å². The highest BCUT2D eigenvalue weighted by Crippen LogP contribution is 2.53. The van der Waals surface area contributed by atoms with Gasteiger partial charge in [-0.25, -0.2) is 9.67 Å². The summed E-state index contributed by atoms with van der Waals surface area (Å²) < 4.78 is 8.14. The van der Waals surface area contributed by atoms with Crippen LogP contribution in [0.1, 0.15) is 76.0 Å². The number of fused-ring (bicyclic) bond motifs is 1. The third-order valence-corrected chi connectivity index (χ3v) is 6.76. The van der Waals surface area contributed by atoms with Gasteiger partial charge in [0.2, 0.25) is 0 Å². The van der Waals surface area contributed by atoms with E-state index in [0.717, 1.165) is 50.0 Å². The molecule has 1 aliphatic heterocycles. The zero-order valence-electron chi connectivity index (χ0n) is 17.4. The van der Waals surface area contributed by atoms with Gasteiger partial charge < -0.3 is 15.4 Å². The minimum atomic E-state index is 0. The third-order valence-electron chi connectivity index (χ3n) is 6.76. The monoisotopic (exact) mass is 502 g/mol.